The highest BCUT2D eigenvalue weighted by molar-refractivity contribution is 6.30. The van der Waals surface area contributed by atoms with Crippen LogP contribution in [-0.2, 0) is 4.79 Å². The standard InChI is InChI=1S/C13H15ClFN3O2/c1-16-12(19)11-7-17-4-5-18(11)13(20)9-3-2-8(14)6-10(9)15/h2-3,6,11,17H,4-5,7H2,1H3,(H,16,19). The number of nitrogens with zero attached hydrogens (tertiary/aromatic N) is 1. The monoisotopic (exact) mass is 299 g/mol. The van der Waals surface area contributed by atoms with E-state index in [9.17, 15) is 14.0 Å². The predicted octanol–water partition coefficient (Wildman–Crippen LogP) is 0.639. The van der Waals surface area contributed by atoms with E-state index in [2.05, 4.69) is 10.6 Å². The zero-order valence-electron chi connectivity index (χ0n) is 11.0. The highest BCUT2D eigenvalue weighted by atomic mass is 35.5. The van der Waals surface area contributed by atoms with Gasteiger partial charge in [0, 0.05) is 31.7 Å². The van der Waals surface area contributed by atoms with Gasteiger partial charge in [0.25, 0.3) is 5.91 Å². The van der Waals surface area contributed by atoms with Crippen molar-refractivity contribution in [3.63, 3.8) is 0 Å². The quantitative estimate of drug-likeness (QED) is 0.842. The summed E-state index contributed by atoms with van der Waals surface area (Å²) in [7, 11) is 1.50. The van der Waals surface area contributed by atoms with Gasteiger partial charge >= 0.3 is 0 Å². The number of benzene rings is 1. The molecule has 0 saturated carbocycles. The number of hydrogen-bond donors (Lipinski definition) is 2. The third kappa shape index (κ3) is 2.91. The minimum Gasteiger partial charge on any atom is -0.357 e. The van der Waals surface area contributed by atoms with E-state index in [4.69, 9.17) is 11.6 Å². The maximum absolute atomic E-state index is 13.8. The van der Waals surface area contributed by atoms with Crippen molar-refractivity contribution in [3.8, 4) is 0 Å². The molecule has 1 heterocycles. The molecule has 108 valence electrons. The second-order valence-corrected chi connectivity index (χ2v) is 4.89. The molecule has 1 aromatic rings. The smallest absolute Gasteiger partial charge is 0.257 e. The molecule has 0 spiro atoms. The van der Waals surface area contributed by atoms with Crippen LogP contribution in [0.4, 0.5) is 4.39 Å². The third-order valence-electron chi connectivity index (χ3n) is 3.21. The van der Waals surface area contributed by atoms with Crippen molar-refractivity contribution in [2.45, 2.75) is 6.04 Å². The lowest BCUT2D eigenvalue weighted by atomic mass is 10.1. The van der Waals surface area contributed by atoms with Crippen LogP contribution in [0.15, 0.2) is 18.2 Å². The molecule has 2 amide bonds. The van der Waals surface area contributed by atoms with Gasteiger partial charge in [-0.05, 0) is 18.2 Å². The van der Waals surface area contributed by atoms with Crippen LogP contribution in [0.3, 0.4) is 0 Å². The van der Waals surface area contributed by atoms with Crippen molar-refractivity contribution in [1.82, 2.24) is 15.5 Å². The van der Waals surface area contributed by atoms with E-state index in [1.807, 2.05) is 0 Å². The Hall–Kier alpha value is -1.66. The molecule has 2 N–H and O–H groups in total. The Kier molecular flexibility index (Phi) is 4.57. The molecule has 20 heavy (non-hydrogen) atoms. The predicted molar refractivity (Wildman–Crippen MR) is 73.2 cm³/mol. The normalized spacial score (nSPS) is 18.8. The van der Waals surface area contributed by atoms with Gasteiger partial charge < -0.3 is 15.5 Å². The van der Waals surface area contributed by atoms with E-state index in [1.54, 1.807) is 0 Å². The van der Waals surface area contributed by atoms with E-state index in [0.717, 1.165) is 6.07 Å². The summed E-state index contributed by atoms with van der Waals surface area (Å²) in [6, 6.07) is 3.24. The lowest BCUT2D eigenvalue weighted by Crippen LogP contribution is -2.59. The fraction of sp³-hybridized carbons (Fsp3) is 0.385. The zero-order chi connectivity index (χ0) is 14.7. The van der Waals surface area contributed by atoms with E-state index in [0.29, 0.717) is 19.6 Å². The van der Waals surface area contributed by atoms with Crippen LogP contribution in [0.2, 0.25) is 5.02 Å². The molecule has 1 aromatic carbocycles. The molecular weight excluding hydrogens is 285 g/mol. The molecule has 1 fully saturated rings. The maximum Gasteiger partial charge on any atom is 0.257 e. The second kappa shape index (κ2) is 6.19. The molecule has 7 heteroatoms. The number of halogens is 2. The van der Waals surface area contributed by atoms with E-state index in [1.165, 1.54) is 24.1 Å². The first-order chi connectivity index (χ1) is 9.54. The molecule has 1 unspecified atom stereocenters. The minimum atomic E-state index is -0.684. The summed E-state index contributed by atoms with van der Waals surface area (Å²) < 4.78 is 13.8. The molecular formula is C13H15ClFN3O2. The molecule has 0 aromatic heterocycles. The van der Waals surface area contributed by atoms with Gasteiger partial charge in [-0.2, -0.15) is 0 Å². The summed E-state index contributed by atoms with van der Waals surface area (Å²) in [4.78, 5) is 25.6. The van der Waals surface area contributed by atoms with Gasteiger partial charge in [0.2, 0.25) is 5.91 Å². The topological polar surface area (TPSA) is 61.4 Å². The molecule has 0 radical (unpaired) electrons. The number of likely N-dealkylation sites (N-methyl/N-ethyl adjacent to an activating group) is 1. The van der Waals surface area contributed by atoms with Gasteiger partial charge in [-0.3, -0.25) is 9.59 Å². The zero-order valence-corrected chi connectivity index (χ0v) is 11.7. The van der Waals surface area contributed by atoms with Crippen LogP contribution in [0.5, 0.6) is 0 Å². The van der Waals surface area contributed by atoms with Crippen molar-refractivity contribution in [2.75, 3.05) is 26.7 Å². The summed E-state index contributed by atoms with van der Waals surface area (Å²) >= 11 is 5.67. The molecule has 5 nitrogen and oxygen atoms in total. The van der Waals surface area contributed by atoms with Crippen LogP contribution in [0.1, 0.15) is 10.4 Å². The highest BCUT2D eigenvalue weighted by Gasteiger charge is 2.33. The van der Waals surface area contributed by atoms with Crippen LogP contribution in [0, 0.1) is 5.82 Å². The third-order valence-corrected chi connectivity index (χ3v) is 3.45. The van der Waals surface area contributed by atoms with Crippen molar-refractivity contribution in [1.29, 1.82) is 0 Å². The average Bonchev–Trinajstić information content (AvgIpc) is 2.46. The lowest BCUT2D eigenvalue weighted by molar-refractivity contribution is -0.125. The molecule has 1 atom stereocenters. The van der Waals surface area contributed by atoms with Gasteiger partial charge in [0.1, 0.15) is 11.9 Å². The first kappa shape index (κ1) is 14.7. The molecule has 1 saturated heterocycles. The number of carbonyl (C=O) groups excluding carboxylic acids is 2. The fourth-order valence-corrected chi connectivity index (χ4v) is 2.32. The molecule has 0 aliphatic carbocycles. The van der Waals surface area contributed by atoms with Gasteiger partial charge in [-0.25, -0.2) is 4.39 Å². The summed E-state index contributed by atoms with van der Waals surface area (Å²) in [5.74, 6) is -1.47. The van der Waals surface area contributed by atoms with Crippen LogP contribution < -0.4 is 10.6 Å². The number of amides is 2. The fourth-order valence-electron chi connectivity index (χ4n) is 2.17. The number of carbonyl (C=O) groups is 2. The van der Waals surface area contributed by atoms with Crippen LogP contribution in [0.25, 0.3) is 0 Å². The Morgan fingerprint density at radius 1 is 1.50 bits per heavy atom. The van der Waals surface area contributed by atoms with E-state index < -0.39 is 17.8 Å². The Morgan fingerprint density at radius 3 is 2.90 bits per heavy atom. The maximum atomic E-state index is 13.8. The molecule has 1 aliphatic heterocycles. The van der Waals surface area contributed by atoms with Gasteiger partial charge in [0.15, 0.2) is 0 Å². The summed E-state index contributed by atoms with van der Waals surface area (Å²) in [6.07, 6.45) is 0. The van der Waals surface area contributed by atoms with Crippen molar-refractivity contribution >= 4 is 23.4 Å². The van der Waals surface area contributed by atoms with Gasteiger partial charge in [-0.1, -0.05) is 11.6 Å². The summed E-state index contributed by atoms with van der Waals surface area (Å²) in [5.41, 5.74) is -0.0785. The SMILES string of the molecule is CNC(=O)C1CNCCN1C(=O)c1ccc(Cl)cc1F. The molecule has 1 aliphatic rings. The largest absolute Gasteiger partial charge is 0.357 e. The van der Waals surface area contributed by atoms with Crippen molar-refractivity contribution in [3.05, 3.63) is 34.6 Å². The lowest BCUT2D eigenvalue weighted by Gasteiger charge is -2.35. The molecule has 0 bridgehead atoms. The minimum absolute atomic E-state index is 0.0785. The molecule has 2 rings (SSSR count). The number of nitrogens with one attached hydrogen (secondary N) is 2. The van der Waals surface area contributed by atoms with Crippen LogP contribution in [-0.4, -0.2) is 49.4 Å². The Balaban J connectivity index is 2.27. The van der Waals surface area contributed by atoms with E-state index in [-0.39, 0.29) is 16.5 Å². The van der Waals surface area contributed by atoms with Gasteiger partial charge in [-0.15, -0.1) is 0 Å². The van der Waals surface area contributed by atoms with Crippen LogP contribution >= 0.6 is 11.6 Å². The summed E-state index contributed by atoms with van der Waals surface area (Å²) in [6.45, 7) is 1.26. The first-order valence-electron chi connectivity index (χ1n) is 6.23. The average molecular weight is 300 g/mol. The number of hydrogen-bond acceptors (Lipinski definition) is 3. The summed E-state index contributed by atoms with van der Waals surface area (Å²) in [5, 5.41) is 5.77. The van der Waals surface area contributed by atoms with E-state index >= 15 is 0 Å². The number of piperazine rings is 1. The second-order valence-electron chi connectivity index (χ2n) is 4.46. The first-order valence-corrected chi connectivity index (χ1v) is 6.60. The Morgan fingerprint density at radius 2 is 2.25 bits per heavy atom. The van der Waals surface area contributed by atoms with Crippen molar-refractivity contribution < 1.29 is 14.0 Å². The van der Waals surface area contributed by atoms with Crippen molar-refractivity contribution in [2.24, 2.45) is 0 Å². The van der Waals surface area contributed by atoms with Gasteiger partial charge in [0.05, 0.1) is 5.56 Å². The Bertz CT molecular complexity index is 538. The number of rotatable bonds is 2. The highest BCUT2D eigenvalue weighted by Crippen LogP contribution is 2.18. The Labute approximate surface area is 121 Å².